The maximum absolute atomic E-state index is 12.2. The largest absolute Gasteiger partial charge is 0.462 e. The van der Waals surface area contributed by atoms with Crippen LogP contribution in [-0.2, 0) is 19.1 Å². The van der Waals surface area contributed by atoms with Crippen LogP contribution in [0.25, 0.3) is 0 Å². The Bertz CT molecular complexity index is 1210. The van der Waals surface area contributed by atoms with Crippen LogP contribution in [0.5, 0.6) is 0 Å². The first-order valence-corrected chi connectivity index (χ1v) is 22.6. The number of hydrogen-bond donors (Lipinski definition) is 1. The van der Waals surface area contributed by atoms with Crippen molar-refractivity contribution >= 4 is 11.9 Å². The molecule has 1 N–H and O–H groups in total. The maximum atomic E-state index is 12.2. The quantitative estimate of drug-likeness (QED) is 0.0382. The van der Waals surface area contributed by atoms with Crippen molar-refractivity contribution in [2.45, 2.75) is 180 Å². The SMILES string of the molecule is CC/C=C\C/C=C\C/C=C\C/C=C\C/C=C\C/C=C\C/C=C\C/C=C\CCCCC(=O)OC(CO)COC(=O)CCCCCCC/C=C\C/C=C\CCCCCC. The summed E-state index contributed by atoms with van der Waals surface area (Å²) in [6.07, 6.45) is 68.4. The number of carbonyl (C=O) groups excluding carboxylic acids is 2. The molecule has 0 saturated heterocycles. The van der Waals surface area contributed by atoms with E-state index in [1.165, 1.54) is 38.5 Å². The molecular formula is C52H82O5. The number of unbranched alkanes of at least 4 members (excludes halogenated alkanes) is 11. The molecule has 0 aliphatic rings. The van der Waals surface area contributed by atoms with E-state index >= 15 is 0 Å². The summed E-state index contributed by atoms with van der Waals surface area (Å²) in [5.74, 6) is -0.670. The summed E-state index contributed by atoms with van der Waals surface area (Å²) in [6, 6.07) is 0. The van der Waals surface area contributed by atoms with E-state index in [0.29, 0.717) is 12.8 Å². The molecule has 5 nitrogen and oxygen atoms in total. The lowest BCUT2D eigenvalue weighted by Gasteiger charge is -2.15. The number of rotatable bonds is 39. The number of aliphatic hydroxyl groups is 1. The van der Waals surface area contributed by atoms with Gasteiger partial charge in [0.15, 0.2) is 6.10 Å². The second-order valence-corrected chi connectivity index (χ2v) is 14.4. The van der Waals surface area contributed by atoms with Gasteiger partial charge in [0.1, 0.15) is 6.61 Å². The number of hydrogen-bond acceptors (Lipinski definition) is 5. The average Bonchev–Trinajstić information content (AvgIpc) is 3.21. The van der Waals surface area contributed by atoms with Gasteiger partial charge in [-0.15, -0.1) is 0 Å². The first-order chi connectivity index (χ1) is 28.1. The van der Waals surface area contributed by atoms with Crippen LogP contribution < -0.4 is 0 Å². The third-order valence-corrected chi connectivity index (χ3v) is 8.99. The van der Waals surface area contributed by atoms with Gasteiger partial charge in [-0.3, -0.25) is 9.59 Å². The number of ether oxygens (including phenoxy) is 2. The Morgan fingerprint density at radius 2 is 0.754 bits per heavy atom. The van der Waals surface area contributed by atoms with Crippen LogP contribution in [0.15, 0.2) is 122 Å². The smallest absolute Gasteiger partial charge is 0.306 e. The molecule has 0 rings (SSSR count). The summed E-state index contributed by atoms with van der Waals surface area (Å²) in [7, 11) is 0. The molecular weight excluding hydrogens is 705 g/mol. The second kappa shape index (κ2) is 46.7. The lowest BCUT2D eigenvalue weighted by atomic mass is 10.1. The highest BCUT2D eigenvalue weighted by Gasteiger charge is 2.16. The molecule has 0 bridgehead atoms. The predicted molar refractivity (Wildman–Crippen MR) is 246 cm³/mol. The topological polar surface area (TPSA) is 72.8 Å². The predicted octanol–water partition coefficient (Wildman–Crippen LogP) is 14.8. The minimum atomic E-state index is -0.810. The molecule has 5 heteroatoms. The van der Waals surface area contributed by atoms with Crippen LogP contribution in [0, 0.1) is 0 Å². The maximum Gasteiger partial charge on any atom is 0.306 e. The summed E-state index contributed by atoms with van der Waals surface area (Å²) in [5.41, 5.74) is 0. The zero-order chi connectivity index (χ0) is 41.4. The van der Waals surface area contributed by atoms with E-state index in [9.17, 15) is 14.7 Å². The molecule has 0 aromatic carbocycles. The zero-order valence-corrected chi connectivity index (χ0v) is 36.3. The molecule has 0 heterocycles. The molecule has 1 atom stereocenters. The van der Waals surface area contributed by atoms with Gasteiger partial charge in [-0.2, -0.15) is 0 Å². The fraction of sp³-hybridized carbons (Fsp3) is 0.577. The van der Waals surface area contributed by atoms with Crippen LogP contribution in [0.3, 0.4) is 0 Å². The molecule has 0 radical (unpaired) electrons. The molecule has 0 aliphatic heterocycles. The molecule has 320 valence electrons. The van der Waals surface area contributed by atoms with E-state index in [4.69, 9.17) is 9.47 Å². The molecule has 0 aliphatic carbocycles. The molecule has 0 aromatic rings. The summed E-state index contributed by atoms with van der Waals surface area (Å²) in [6.45, 7) is 3.94. The first-order valence-electron chi connectivity index (χ1n) is 22.6. The first kappa shape index (κ1) is 53.3. The Morgan fingerprint density at radius 1 is 0.421 bits per heavy atom. The lowest BCUT2D eigenvalue weighted by molar-refractivity contribution is -0.161. The van der Waals surface area contributed by atoms with Crippen LogP contribution in [0.2, 0.25) is 0 Å². The van der Waals surface area contributed by atoms with Crippen molar-refractivity contribution in [3.8, 4) is 0 Å². The van der Waals surface area contributed by atoms with E-state index < -0.39 is 6.10 Å². The molecule has 0 amide bonds. The Hall–Kier alpha value is -3.70. The molecule has 0 saturated carbocycles. The fourth-order valence-corrected chi connectivity index (χ4v) is 5.60. The Labute approximate surface area is 350 Å². The van der Waals surface area contributed by atoms with Crippen molar-refractivity contribution in [3.63, 3.8) is 0 Å². The van der Waals surface area contributed by atoms with Gasteiger partial charge in [0.2, 0.25) is 0 Å². The van der Waals surface area contributed by atoms with Gasteiger partial charge < -0.3 is 14.6 Å². The summed E-state index contributed by atoms with van der Waals surface area (Å²) in [4.78, 5) is 24.3. The van der Waals surface area contributed by atoms with Crippen LogP contribution in [0.1, 0.15) is 174 Å². The standard InChI is InChI=1S/C52H82O5/c1-3-5-7-9-11-13-15-17-19-21-22-23-24-25-26-27-28-29-30-31-33-35-37-39-41-43-45-47-52(55)57-50(48-53)49-56-51(54)46-44-42-40-38-36-34-32-20-18-16-14-12-10-8-6-4-2/h5,7,11,13-14,16-17,19-20,22-23,25-26,28-29,31-33,37,39,50,53H,3-4,6,8-10,12,15,18,21,24,27,30,34-36,38,40-49H2,1-2H3/b7-5-,13-11-,16-14-,19-17-,23-22-,26-25-,29-28-,32-20-,33-31-,39-37-. The molecule has 1 unspecified atom stereocenters. The van der Waals surface area contributed by atoms with Gasteiger partial charge in [0, 0.05) is 12.8 Å². The molecule has 57 heavy (non-hydrogen) atoms. The monoisotopic (exact) mass is 787 g/mol. The lowest BCUT2D eigenvalue weighted by Crippen LogP contribution is -2.28. The Balaban J connectivity index is 3.73. The second-order valence-electron chi connectivity index (χ2n) is 14.4. The minimum Gasteiger partial charge on any atom is -0.462 e. The summed E-state index contributed by atoms with van der Waals surface area (Å²) >= 11 is 0. The number of aliphatic hydroxyl groups excluding tert-OH is 1. The fourth-order valence-electron chi connectivity index (χ4n) is 5.60. The highest BCUT2D eigenvalue weighted by molar-refractivity contribution is 5.70. The van der Waals surface area contributed by atoms with Crippen molar-refractivity contribution in [2.24, 2.45) is 0 Å². The van der Waals surface area contributed by atoms with Crippen LogP contribution in [-0.4, -0.2) is 36.4 Å². The van der Waals surface area contributed by atoms with Crippen molar-refractivity contribution in [2.75, 3.05) is 13.2 Å². The van der Waals surface area contributed by atoms with Crippen molar-refractivity contribution in [1.29, 1.82) is 0 Å². The van der Waals surface area contributed by atoms with Crippen molar-refractivity contribution in [1.82, 2.24) is 0 Å². The van der Waals surface area contributed by atoms with Crippen molar-refractivity contribution in [3.05, 3.63) is 122 Å². The third kappa shape index (κ3) is 44.9. The summed E-state index contributed by atoms with van der Waals surface area (Å²) < 4.78 is 10.6. The van der Waals surface area contributed by atoms with E-state index in [1.54, 1.807) is 0 Å². The van der Waals surface area contributed by atoms with Gasteiger partial charge in [0.05, 0.1) is 6.61 Å². The van der Waals surface area contributed by atoms with E-state index in [1.807, 2.05) is 0 Å². The van der Waals surface area contributed by atoms with Crippen LogP contribution in [0.4, 0.5) is 0 Å². The highest BCUT2D eigenvalue weighted by atomic mass is 16.6. The van der Waals surface area contributed by atoms with Crippen LogP contribution >= 0.6 is 0 Å². The Kier molecular flexibility index (Phi) is 43.7. The normalized spacial score (nSPS) is 13.4. The zero-order valence-electron chi connectivity index (χ0n) is 36.3. The van der Waals surface area contributed by atoms with E-state index in [-0.39, 0.29) is 31.6 Å². The summed E-state index contributed by atoms with van der Waals surface area (Å²) in [5, 5.41) is 9.58. The van der Waals surface area contributed by atoms with Gasteiger partial charge in [0.25, 0.3) is 0 Å². The van der Waals surface area contributed by atoms with Gasteiger partial charge in [-0.05, 0) is 109 Å². The minimum absolute atomic E-state index is 0.0994. The van der Waals surface area contributed by atoms with Gasteiger partial charge in [-0.1, -0.05) is 174 Å². The number of allylic oxidation sites excluding steroid dienone is 20. The number of carbonyl (C=O) groups is 2. The van der Waals surface area contributed by atoms with Crippen molar-refractivity contribution < 1.29 is 24.2 Å². The number of esters is 2. The van der Waals surface area contributed by atoms with E-state index in [2.05, 4.69) is 135 Å². The highest BCUT2D eigenvalue weighted by Crippen LogP contribution is 2.10. The van der Waals surface area contributed by atoms with E-state index in [0.717, 1.165) is 103 Å². The third-order valence-electron chi connectivity index (χ3n) is 8.99. The molecule has 0 spiro atoms. The average molecular weight is 787 g/mol. The Morgan fingerprint density at radius 3 is 1.18 bits per heavy atom. The van der Waals surface area contributed by atoms with Gasteiger partial charge in [-0.25, -0.2) is 0 Å². The van der Waals surface area contributed by atoms with Gasteiger partial charge >= 0.3 is 11.9 Å². The molecule has 0 fully saturated rings. The molecule has 0 aromatic heterocycles.